The van der Waals surface area contributed by atoms with Crippen molar-refractivity contribution in [2.24, 2.45) is 11.8 Å². The number of carbonyl (C=O) groups is 2. The average molecular weight is 475 g/mol. The Morgan fingerprint density at radius 3 is 2.43 bits per heavy atom. The highest BCUT2D eigenvalue weighted by Crippen LogP contribution is 2.27. The van der Waals surface area contributed by atoms with Crippen LogP contribution in [-0.2, 0) is 11.4 Å². The summed E-state index contributed by atoms with van der Waals surface area (Å²) in [5.41, 5.74) is 3.38. The first-order valence-corrected chi connectivity index (χ1v) is 12.7. The summed E-state index contributed by atoms with van der Waals surface area (Å²) in [6.07, 6.45) is 7.55. The molecule has 0 atom stereocenters. The Morgan fingerprint density at radius 1 is 0.971 bits per heavy atom. The van der Waals surface area contributed by atoms with Crippen LogP contribution in [-0.4, -0.2) is 57.2 Å². The van der Waals surface area contributed by atoms with Gasteiger partial charge in [-0.1, -0.05) is 25.1 Å². The van der Waals surface area contributed by atoms with Gasteiger partial charge in [0, 0.05) is 44.5 Å². The number of imidazole rings is 1. The van der Waals surface area contributed by atoms with Gasteiger partial charge in [0.15, 0.2) is 0 Å². The number of piperidine rings is 2. The number of hydrogen-bond donors (Lipinski definition) is 0. The molecule has 0 aliphatic carbocycles. The summed E-state index contributed by atoms with van der Waals surface area (Å²) in [4.78, 5) is 34.9. The fourth-order valence-corrected chi connectivity index (χ4v) is 5.18. The monoisotopic (exact) mass is 474 g/mol. The molecule has 0 N–H and O–H groups in total. The van der Waals surface area contributed by atoms with Gasteiger partial charge in [-0.25, -0.2) is 4.98 Å². The van der Waals surface area contributed by atoms with Crippen molar-refractivity contribution in [2.75, 3.05) is 26.2 Å². The lowest BCUT2D eigenvalue weighted by molar-refractivity contribution is -0.138. The second kappa shape index (κ2) is 10.1. The van der Waals surface area contributed by atoms with E-state index in [-0.39, 0.29) is 24.3 Å². The Balaban J connectivity index is 1.20. The highest BCUT2D eigenvalue weighted by atomic mass is 16.5. The topological polar surface area (TPSA) is 67.2 Å². The van der Waals surface area contributed by atoms with Crippen LogP contribution in [0.2, 0.25) is 0 Å². The maximum Gasteiger partial charge on any atom is 0.257 e. The third kappa shape index (κ3) is 5.04. The number of rotatable bonds is 5. The SMILES string of the molecule is Cc1cccn2cc(COc3ccccc3C(=O)N3CCC(C(=O)N4CCC(C)CC4)CC3)nc12. The number of para-hydroxylation sites is 1. The van der Waals surface area contributed by atoms with Crippen LogP contribution < -0.4 is 4.74 Å². The number of fused-ring (bicyclic) bond motifs is 1. The zero-order chi connectivity index (χ0) is 24.4. The zero-order valence-corrected chi connectivity index (χ0v) is 20.7. The van der Waals surface area contributed by atoms with E-state index in [2.05, 4.69) is 11.9 Å². The predicted molar refractivity (Wildman–Crippen MR) is 134 cm³/mol. The Labute approximate surface area is 206 Å². The predicted octanol–water partition coefficient (Wildman–Crippen LogP) is 4.33. The third-order valence-corrected chi connectivity index (χ3v) is 7.45. The maximum absolute atomic E-state index is 13.4. The van der Waals surface area contributed by atoms with Crippen molar-refractivity contribution in [3.8, 4) is 5.75 Å². The van der Waals surface area contributed by atoms with E-state index >= 15 is 0 Å². The minimum atomic E-state index is -0.0378. The van der Waals surface area contributed by atoms with Gasteiger partial charge < -0.3 is 18.9 Å². The van der Waals surface area contributed by atoms with Crippen LogP contribution in [0.25, 0.3) is 5.65 Å². The first-order chi connectivity index (χ1) is 17.0. The van der Waals surface area contributed by atoms with Crippen LogP contribution in [0.4, 0.5) is 0 Å². The van der Waals surface area contributed by atoms with E-state index < -0.39 is 0 Å². The molecule has 0 bridgehead atoms. The first-order valence-electron chi connectivity index (χ1n) is 12.7. The molecule has 2 aliphatic rings. The summed E-state index contributed by atoms with van der Waals surface area (Å²) in [7, 11) is 0. The molecule has 0 unspecified atom stereocenters. The average Bonchev–Trinajstić information content (AvgIpc) is 3.32. The highest BCUT2D eigenvalue weighted by molar-refractivity contribution is 5.97. The molecule has 5 rings (SSSR count). The highest BCUT2D eigenvalue weighted by Gasteiger charge is 2.32. The van der Waals surface area contributed by atoms with Crippen molar-refractivity contribution in [3.63, 3.8) is 0 Å². The van der Waals surface area contributed by atoms with E-state index in [1.54, 1.807) is 0 Å². The molecular weight excluding hydrogens is 440 g/mol. The van der Waals surface area contributed by atoms with Crippen molar-refractivity contribution >= 4 is 17.5 Å². The molecular formula is C28H34N4O3. The van der Waals surface area contributed by atoms with Crippen molar-refractivity contribution in [3.05, 3.63) is 65.6 Å². The maximum atomic E-state index is 13.4. The molecule has 2 aliphatic heterocycles. The lowest BCUT2D eigenvalue weighted by Crippen LogP contribution is -2.46. The molecule has 0 radical (unpaired) electrons. The van der Waals surface area contributed by atoms with Crippen LogP contribution in [0.3, 0.4) is 0 Å². The minimum Gasteiger partial charge on any atom is -0.486 e. The van der Waals surface area contributed by atoms with Gasteiger partial charge in [0.25, 0.3) is 5.91 Å². The summed E-state index contributed by atoms with van der Waals surface area (Å²) < 4.78 is 8.05. The molecule has 1 aromatic carbocycles. The molecule has 2 fully saturated rings. The standard InChI is InChI=1S/C28H34N4O3/c1-20-9-14-30(15-10-20)27(33)22-11-16-31(17-12-22)28(34)24-7-3-4-8-25(24)35-19-23-18-32-13-5-6-21(2)26(32)29-23/h3-8,13,18,20,22H,9-12,14-17,19H2,1-2H3. The number of carbonyl (C=O) groups excluding carboxylic acids is 2. The van der Waals surface area contributed by atoms with E-state index in [0.717, 1.165) is 55.7 Å². The largest absolute Gasteiger partial charge is 0.486 e. The van der Waals surface area contributed by atoms with Crippen molar-refractivity contribution in [1.29, 1.82) is 0 Å². The Kier molecular flexibility index (Phi) is 6.75. The molecule has 0 saturated carbocycles. The smallest absolute Gasteiger partial charge is 0.257 e. The molecule has 0 spiro atoms. The fourth-order valence-electron chi connectivity index (χ4n) is 5.18. The van der Waals surface area contributed by atoms with E-state index in [9.17, 15) is 9.59 Å². The van der Waals surface area contributed by atoms with Crippen LogP contribution in [0.15, 0.2) is 48.8 Å². The Morgan fingerprint density at radius 2 is 1.69 bits per heavy atom. The van der Waals surface area contributed by atoms with Gasteiger partial charge in [0.05, 0.1) is 11.3 Å². The van der Waals surface area contributed by atoms with Crippen molar-refractivity contribution in [1.82, 2.24) is 19.2 Å². The Bertz CT molecular complexity index is 1200. The molecule has 3 aromatic rings. The second-order valence-corrected chi connectivity index (χ2v) is 10.0. The van der Waals surface area contributed by atoms with E-state index in [1.807, 2.05) is 69.9 Å². The normalized spacial score (nSPS) is 17.7. The van der Waals surface area contributed by atoms with Gasteiger partial charge in [-0.3, -0.25) is 9.59 Å². The lowest BCUT2D eigenvalue weighted by atomic mass is 9.92. The van der Waals surface area contributed by atoms with E-state index in [4.69, 9.17) is 4.74 Å². The summed E-state index contributed by atoms with van der Waals surface area (Å²) in [6, 6.07) is 11.4. The number of aromatic nitrogens is 2. The van der Waals surface area contributed by atoms with Crippen molar-refractivity contribution in [2.45, 2.75) is 46.1 Å². The van der Waals surface area contributed by atoms with Crippen LogP contribution in [0.1, 0.15) is 54.2 Å². The number of hydrogen-bond acceptors (Lipinski definition) is 4. The third-order valence-electron chi connectivity index (χ3n) is 7.45. The van der Waals surface area contributed by atoms with Crippen LogP contribution in [0, 0.1) is 18.8 Å². The number of amides is 2. The molecule has 2 aromatic heterocycles. The summed E-state index contributed by atoms with van der Waals surface area (Å²) >= 11 is 0. The zero-order valence-electron chi connectivity index (χ0n) is 20.7. The molecule has 7 nitrogen and oxygen atoms in total. The summed E-state index contributed by atoms with van der Waals surface area (Å²) in [6.45, 7) is 7.51. The van der Waals surface area contributed by atoms with Crippen LogP contribution >= 0.6 is 0 Å². The number of ether oxygens (including phenoxy) is 1. The molecule has 184 valence electrons. The number of likely N-dealkylation sites (tertiary alicyclic amines) is 2. The van der Waals surface area contributed by atoms with E-state index in [1.165, 1.54) is 0 Å². The van der Waals surface area contributed by atoms with Crippen LogP contribution in [0.5, 0.6) is 5.75 Å². The minimum absolute atomic E-state index is 0.0254. The van der Waals surface area contributed by atoms with Gasteiger partial charge in [-0.05, 0) is 62.3 Å². The summed E-state index contributed by atoms with van der Waals surface area (Å²) in [5, 5.41) is 0. The number of nitrogens with zero attached hydrogens (tertiary/aromatic N) is 4. The quantitative estimate of drug-likeness (QED) is 0.552. The Hall–Kier alpha value is -3.35. The second-order valence-electron chi connectivity index (χ2n) is 10.0. The molecule has 4 heterocycles. The molecule has 2 saturated heterocycles. The molecule has 35 heavy (non-hydrogen) atoms. The van der Waals surface area contributed by atoms with Gasteiger partial charge in [0.2, 0.25) is 5.91 Å². The van der Waals surface area contributed by atoms with Gasteiger partial charge >= 0.3 is 0 Å². The fraction of sp³-hybridized carbons (Fsp3) is 0.464. The number of pyridine rings is 1. The molecule has 7 heteroatoms. The molecule has 2 amide bonds. The number of benzene rings is 1. The van der Waals surface area contributed by atoms with Gasteiger partial charge in [-0.2, -0.15) is 0 Å². The number of aryl methyl sites for hydroxylation is 1. The van der Waals surface area contributed by atoms with Crippen molar-refractivity contribution < 1.29 is 14.3 Å². The van der Waals surface area contributed by atoms with E-state index in [0.29, 0.717) is 30.3 Å². The summed E-state index contributed by atoms with van der Waals surface area (Å²) in [5.74, 6) is 1.53. The van der Waals surface area contributed by atoms with Gasteiger partial charge in [0.1, 0.15) is 18.0 Å². The van der Waals surface area contributed by atoms with Gasteiger partial charge in [-0.15, -0.1) is 0 Å². The lowest BCUT2D eigenvalue weighted by Gasteiger charge is -2.36. The first kappa shape index (κ1) is 23.4.